The molecule has 0 aliphatic carbocycles. The van der Waals surface area contributed by atoms with Gasteiger partial charge in [-0.15, -0.1) is 0 Å². The molecule has 3 N–H and O–H groups in total. The van der Waals surface area contributed by atoms with E-state index in [4.69, 9.17) is 0 Å². The molecule has 27 heavy (non-hydrogen) atoms. The first-order valence-corrected chi connectivity index (χ1v) is 12.2. The van der Waals surface area contributed by atoms with Gasteiger partial charge in [-0.2, -0.15) is 0 Å². The molecule has 0 aromatic heterocycles. The molecule has 0 aromatic carbocycles. The third-order valence-electron chi connectivity index (χ3n) is 5.81. The molecule has 0 rings (SSSR count). The van der Waals surface area contributed by atoms with Gasteiger partial charge in [0.25, 0.3) is 0 Å². The van der Waals surface area contributed by atoms with Crippen LogP contribution in [0.2, 0.25) is 0 Å². The summed E-state index contributed by atoms with van der Waals surface area (Å²) in [4.78, 5) is 0. The molecular formula is C24H50O3. The van der Waals surface area contributed by atoms with Crippen molar-refractivity contribution in [1.82, 2.24) is 0 Å². The quantitative estimate of drug-likeness (QED) is 0.197. The lowest BCUT2D eigenvalue weighted by molar-refractivity contribution is -0.0630. The van der Waals surface area contributed by atoms with Crippen molar-refractivity contribution in [1.29, 1.82) is 0 Å². The first kappa shape index (κ1) is 26.9. The summed E-state index contributed by atoms with van der Waals surface area (Å²) >= 11 is 0. The molecule has 3 unspecified atom stereocenters. The minimum absolute atomic E-state index is 0.483. The van der Waals surface area contributed by atoms with Gasteiger partial charge in [0, 0.05) is 0 Å². The van der Waals surface area contributed by atoms with E-state index in [2.05, 4.69) is 6.92 Å². The minimum Gasteiger partial charge on any atom is -0.390 e. The van der Waals surface area contributed by atoms with E-state index in [1.54, 1.807) is 0 Å². The number of aliphatic hydroxyl groups is 3. The number of unbranched alkanes of at least 4 members (excludes halogenated alkanes) is 16. The highest BCUT2D eigenvalue weighted by Gasteiger charge is 2.22. The zero-order valence-corrected chi connectivity index (χ0v) is 18.5. The Kier molecular flexibility index (Phi) is 20.5. The van der Waals surface area contributed by atoms with Crippen molar-refractivity contribution in [2.24, 2.45) is 0 Å². The summed E-state index contributed by atoms with van der Waals surface area (Å²) in [6.45, 7) is 4.09. The second kappa shape index (κ2) is 20.6. The van der Waals surface area contributed by atoms with E-state index in [9.17, 15) is 15.3 Å². The fraction of sp³-hybridized carbons (Fsp3) is 1.00. The van der Waals surface area contributed by atoms with Gasteiger partial charge in [-0.05, 0) is 12.8 Å². The van der Waals surface area contributed by atoms with Crippen LogP contribution in [-0.4, -0.2) is 33.6 Å². The Balaban J connectivity index is 3.19. The highest BCUT2D eigenvalue weighted by atomic mass is 16.4. The van der Waals surface area contributed by atoms with E-state index in [0.717, 1.165) is 12.8 Å². The van der Waals surface area contributed by atoms with Crippen LogP contribution in [0.25, 0.3) is 0 Å². The van der Waals surface area contributed by atoms with Crippen LogP contribution < -0.4 is 0 Å². The summed E-state index contributed by atoms with van der Waals surface area (Å²) in [5.41, 5.74) is 0. The van der Waals surface area contributed by atoms with Crippen molar-refractivity contribution in [3.63, 3.8) is 0 Å². The van der Waals surface area contributed by atoms with Crippen LogP contribution in [0.3, 0.4) is 0 Å². The number of aliphatic hydroxyl groups excluding tert-OH is 3. The van der Waals surface area contributed by atoms with E-state index < -0.39 is 18.3 Å². The van der Waals surface area contributed by atoms with Crippen LogP contribution in [-0.2, 0) is 0 Å². The predicted molar refractivity (Wildman–Crippen MR) is 117 cm³/mol. The van der Waals surface area contributed by atoms with Crippen molar-refractivity contribution in [3.8, 4) is 0 Å². The maximum Gasteiger partial charge on any atom is 0.106 e. The molecule has 3 heteroatoms. The zero-order chi connectivity index (χ0) is 20.2. The first-order valence-electron chi connectivity index (χ1n) is 12.2. The average molecular weight is 387 g/mol. The molecular weight excluding hydrogens is 336 g/mol. The summed E-state index contributed by atoms with van der Waals surface area (Å²) < 4.78 is 0. The molecule has 0 amide bonds. The molecule has 0 saturated heterocycles. The lowest BCUT2D eigenvalue weighted by Gasteiger charge is -2.21. The Morgan fingerprint density at radius 1 is 0.444 bits per heavy atom. The molecule has 0 bridgehead atoms. The Morgan fingerprint density at radius 2 is 0.778 bits per heavy atom. The molecule has 0 aromatic rings. The summed E-state index contributed by atoms with van der Waals surface area (Å²) in [5, 5.41) is 29.1. The maximum absolute atomic E-state index is 9.83. The second-order valence-corrected chi connectivity index (χ2v) is 8.48. The van der Waals surface area contributed by atoms with Crippen LogP contribution in [0.4, 0.5) is 0 Å². The SMILES string of the molecule is CCCCCCCCCCCCCCCCCCCC(O)C(O)C(O)CC. The van der Waals surface area contributed by atoms with Crippen molar-refractivity contribution < 1.29 is 15.3 Å². The van der Waals surface area contributed by atoms with Gasteiger partial charge in [0.15, 0.2) is 0 Å². The van der Waals surface area contributed by atoms with E-state index >= 15 is 0 Å². The molecule has 164 valence electrons. The molecule has 3 atom stereocenters. The maximum atomic E-state index is 9.83. The fourth-order valence-electron chi connectivity index (χ4n) is 3.75. The van der Waals surface area contributed by atoms with Gasteiger partial charge in [0.1, 0.15) is 6.10 Å². The summed E-state index contributed by atoms with van der Waals surface area (Å²) in [6.07, 6.45) is 21.3. The zero-order valence-electron chi connectivity index (χ0n) is 18.5. The third kappa shape index (κ3) is 17.7. The van der Waals surface area contributed by atoms with Crippen LogP contribution >= 0.6 is 0 Å². The lowest BCUT2D eigenvalue weighted by atomic mass is 9.99. The summed E-state index contributed by atoms with van der Waals surface area (Å²) in [6, 6.07) is 0. The summed E-state index contributed by atoms with van der Waals surface area (Å²) in [7, 11) is 0. The lowest BCUT2D eigenvalue weighted by Crippen LogP contribution is -2.36. The van der Waals surface area contributed by atoms with Gasteiger partial charge in [-0.25, -0.2) is 0 Å². The van der Waals surface area contributed by atoms with E-state index in [1.165, 1.54) is 96.3 Å². The van der Waals surface area contributed by atoms with Crippen molar-refractivity contribution in [3.05, 3.63) is 0 Å². The molecule has 0 fully saturated rings. The second-order valence-electron chi connectivity index (χ2n) is 8.48. The van der Waals surface area contributed by atoms with E-state index in [0.29, 0.717) is 12.8 Å². The third-order valence-corrected chi connectivity index (χ3v) is 5.81. The van der Waals surface area contributed by atoms with Crippen LogP contribution in [0.5, 0.6) is 0 Å². The Morgan fingerprint density at radius 3 is 1.11 bits per heavy atom. The molecule has 0 heterocycles. The smallest absolute Gasteiger partial charge is 0.106 e. The van der Waals surface area contributed by atoms with Crippen molar-refractivity contribution in [2.45, 2.75) is 154 Å². The van der Waals surface area contributed by atoms with Crippen LogP contribution in [0, 0.1) is 0 Å². The van der Waals surface area contributed by atoms with Gasteiger partial charge in [-0.3, -0.25) is 0 Å². The molecule has 0 spiro atoms. The van der Waals surface area contributed by atoms with E-state index in [1.807, 2.05) is 6.92 Å². The number of rotatable bonds is 21. The minimum atomic E-state index is -0.990. The molecule has 3 nitrogen and oxygen atoms in total. The average Bonchev–Trinajstić information content (AvgIpc) is 2.68. The molecule has 0 saturated carbocycles. The van der Waals surface area contributed by atoms with Gasteiger partial charge in [0.05, 0.1) is 12.2 Å². The Bertz CT molecular complexity index is 283. The van der Waals surface area contributed by atoms with Gasteiger partial charge in [-0.1, -0.05) is 123 Å². The fourth-order valence-corrected chi connectivity index (χ4v) is 3.75. The van der Waals surface area contributed by atoms with Gasteiger partial charge >= 0.3 is 0 Å². The van der Waals surface area contributed by atoms with Crippen molar-refractivity contribution >= 4 is 0 Å². The molecule has 0 aliphatic heterocycles. The number of hydrogen-bond donors (Lipinski definition) is 3. The normalized spacial score (nSPS) is 15.0. The molecule has 0 aliphatic rings. The van der Waals surface area contributed by atoms with Gasteiger partial charge in [0.2, 0.25) is 0 Å². The monoisotopic (exact) mass is 386 g/mol. The number of hydrogen-bond acceptors (Lipinski definition) is 3. The largest absolute Gasteiger partial charge is 0.390 e. The Labute approximate surface area is 170 Å². The highest BCUT2D eigenvalue weighted by Crippen LogP contribution is 2.15. The first-order chi connectivity index (χ1) is 13.1. The predicted octanol–water partition coefficient (Wildman–Crippen LogP) is 6.52. The highest BCUT2D eigenvalue weighted by molar-refractivity contribution is 4.74. The van der Waals surface area contributed by atoms with Crippen LogP contribution in [0.1, 0.15) is 136 Å². The Hall–Kier alpha value is -0.120. The van der Waals surface area contributed by atoms with Gasteiger partial charge < -0.3 is 15.3 Å². The van der Waals surface area contributed by atoms with E-state index in [-0.39, 0.29) is 0 Å². The standard InChI is InChI=1S/C24H50O3/c1-3-5-6-7-8-9-10-11-12-13-14-15-16-17-18-19-20-21-23(26)24(27)22(25)4-2/h22-27H,3-21H2,1-2H3. The van der Waals surface area contributed by atoms with Crippen LogP contribution in [0.15, 0.2) is 0 Å². The summed E-state index contributed by atoms with van der Waals surface area (Å²) in [5.74, 6) is 0. The topological polar surface area (TPSA) is 60.7 Å². The van der Waals surface area contributed by atoms with Crippen molar-refractivity contribution in [2.75, 3.05) is 0 Å². The molecule has 0 radical (unpaired) electrons.